The maximum Gasteiger partial charge on any atom is 0.337 e. The predicted octanol–water partition coefficient (Wildman–Crippen LogP) is 0.971. The smallest absolute Gasteiger partial charge is 0.337 e. The fourth-order valence-corrected chi connectivity index (χ4v) is 0.759. The van der Waals surface area contributed by atoms with Crippen LogP contribution in [-0.4, -0.2) is 11.1 Å². The van der Waals surface area contributed by atoms with E-state index in [0.29, 0.717) is 5.69 Å². The zero-order chi connectivity index (χ0) is 8.43. The molecule has 1 aromatic rings. The summed E-state index contributed by atoms with van der Waals surface area (Å²) in [6.45, 7) is 0. The van der Waals surface area contributed by atoms with Gasteiger partial charge >= 0.3 is 5.97 Å². The minimum Gasteiger partial charge on any atom is -0.478 e. The Morgan fingerprint density at radius 1 is 1.33 bits per heavy atom. The van der Waals surface area contributed by atoms with Gasteiger partial charge in [0.15, 0.2) is 0 Å². The van der Waals surface area contributed by atoms with Crippen LogP contribution in [0.5, 0.6) is 0 Å². The molecule has 0 spiro atoms. The van der Waals surface area contributed by atoms with Gasteiger partial charge in [0, 0.05) is 11.4 Å². The molecular formula is C7H9ClN2O2. The lowest BCUT2D eigenvalue weighted by molar-refractivity contribution is 0.0698. The van der Waals surface area contributed by atoms with Crippen molar-refractivity contribution in [2.24, 2.45) is 0 Å². The third kappa shape index (κ3) is 2.03. The minimum absolute atomic E-state index is 0. The van der Waals surface area contributed by atoms with Crippen molar-refractivity contribution in [3.05, 3.63) is 23.8 Å². The fourth-order valence-electron chi connectivity index (χ4n) is 0.759. The molecule has 1 aromatic carbocycles. The van der Waals surface area contributed by atoms with Crippen LogP contribution in [0.3, 0.4) is 0 Å². The molecule has 4 nitrogen and oxygen atoms in total. The summed E-state index contributed by atoms with van der Waals surface area (Å²) >= 11 is 0. The second-order valence-electron chi connectivity index (χ2n) is 2.15. The molecule has 0 aromatic heterocycles. The van der Waals surface area contributed by atoms with Crippen molar-refractivity contribution in [1.82, 2.24) is 0 Å². The van der Waals surface area contributed by atoms with E-state index in [1.165, 1.54) is 12.1 Å². The Hall–Kier alpha value is -1.42. The van der Waals surface area contributed by atoms with E-state index in [1.807, 2.05) is 0 Å². The van der Waals surface area contributed by atoms with Crippen LogP contribution in [0.25, 0.3) is 0 Å². The van der Waals surface area contributed by atoms with Gasteiger partial charge in [-0.15, -0.1) is 12.4 Å². The Balaban J connectivity index is 0.00000121. The van der Waals surface area contributed by atoms with Crippen molar-refractivity contribution in [3.63, 3.8) is 0 Å². The first-order valence-electron chi connectivity index (χ1n) is 2.99. The molecule has 12 heavy (non-hydrogen) atoms. The van der Waals surface area contributed by atoms with Gasteiger partial charge in [0.05, 0.1) is 5.56 Å². The molecule has 1 rings (SSSR count). The Bertz CT molecular complexity index is 301. The number of benzene rings is 1. The van der Waals surface area contributed by atoms with E-state index in [9.17, 15) is 4.79 Å². The number of nitrogens with two attached hydrogens (primary N) is 2. The maximum atomic E-state index is 10.4. The standard InChI is InChI=1S/C7H8N2O2.ClH/c8-4-1-2-6(9)5(3-4)7(10)11;/h1-3H,8-9H2,(H,10,11);1H. The first-order valence-corrected chi connectivity index (χ1v) is 2.99. The third-order valence-corrected chi connectivity index (χ3v) is 1.31. The average Bonchev–Trinajstić information content (AvgIpc) is 1.94. The molecule has 0 unspecified atom stereocenters. The van der Waals surface area contributed by atoms with Crippen LogP contribution < -0.4 is 11.5 Å². The molecule has 0 bridgehead atoms. The van der Waals surface area contributed by atoms with Crippen LogP contribution in [0.1, 0.15) is 10.4 Å². The lowest BCUT2D eigenvalue weighted by Crippen LogP contribution is -2.02. The maximum absolute atomic E-state index is 10.4. The minimum atomic E-state index is -1.06. The van der Waals surface area contributed by atoms with Gasteiger partial charge in [-0.2, -0.15) is 0 Å². The number of carbonyl (C=O) groups is 1. The molecule has 0 saturated carbocycles. The largest absolute Gasteiger partial charge is 0.478 e. The van der Waals surface area contributed by atoms with Crippen molar-refractivity contribution in [3.8, 4) is 0 Å². The highest BCUT2D eigenvalue weighted by Crippen LogP contribution is 2.14. The highest BCUT2D eigenvalue weighted by molar-refractivity contribution is 5.94. The van der Waals surface area contributed by atoms with E-state index < -0.39 is 5.97 Å². The molecule has 5 heteroatoms. The molecule has 0 heterocycles. The van der Waals surface area contributed by atoms with Gasteiger partial charge in [0.25, 0.3) is 0 Å². The molecule has 5 N–H and O–H groups in total. The Kier molecular flexibility index (Phi) is 3.37. The number of aromatic carboxylic acids is 1. The van der Waals surface area contributed by atoms with Crippen molar-refractivity contribution in [2.75, 3.05) is 11.5 Å². The monoisotopic (exact) mass is 188 g/mol. The zero-order valence-electron chi connectivity index (χ0n) is 6.15. The molecule has 0 atom stereocenters. The highest BCUT2D eigenvalue weighted by atomic mass is 35.5. The van der Waals surface area contributed by atoms with Gasteiger partial charge in [-0.25, -0.2) is 4.79 Å². The summed E-state index contributed by atoms with van der Waals surface area (Å²) in [5.41, 5.74) is 11.4. The number of anilines is 2. The van der Waals surface area contributed by atoms with Gasteiger partial charge in [-0.05, 0) is 18.2 Å². The number of hydrogen-bond donors (Lipinski definition) is 3. The predicted molar refractivity (Wildman–Crippen MR) is 49.5 cm³/mol. The zero-order valence-corrected chi connectivity index (χ0v) is 6.97. The van der Waals surface area contributed by atoms with Crippen molar-refractivity contribution in [1.29, 1.82) is 0 Å². The number of carboxylic acid groups (broad SMARTS) is 1. The SMILES string of the molecule is Cl.Nc1ccc(N)c(C(=O)O)c1. The summed E-state index contributed by atoms with van der Waals surface area (Å²) in [6, 6.07) is 4.36. The van der Waals surface area contributed by atoms with E-state index in [4.69, 9.17) is 16.6 Å². The highest BCUT2D eigenvalue weighted by Gasteiger charge is 2.06. The summed E-state index contributed by atoms with van der Waals surface area (Å²) in [6.07, 6.45) is 0. The number of nitrogen functional groups attached to an aromatic ring is 2. The second-order valence-corrected chi connectivity index (χ2v) is 2.15. The number of rotatable bonds is 1. The Morgan fingerprint density at radius 3 is 2.33 bits per heavy atom. The van der Waals surface area contributed by atoms with Gasteiger partial charge in [-0.3, -0.25) is 0 Å². The molecule has 0 aliphatic carbocycles. The van der Waals surface area contributed by atoms with Gasteiger partial charge in [0.2, 0.25) is 0 Å². The summed E-state index contributed by atoms with van der Waals surface area (Å²) in [7, 11) is 0. The van der Waals surface area contributed by atoms with Gasteiger partial charge in [0.1, 0.15) is 0 Å². The summed E-state index contributed by atoms with van der Waals surface area (Å²) in [5.74, 6) is -1.06. The van der Waals surface area contributed by atoms with E-state index >= 15 is 0 Å². The summed E-state index contributed by atoms with van der Waals surface area (Å²) in [4.78, 5) is 10.4. The van der Waals surface area contributed by atoms with Crippen LogP contribution in [0.2, 0.25) is 0 Å². The third-order valence-electron chi connectivity index (χ3n) is 1.31. The Morgan fingerprint density at radius 2 is 1.92 bits per heavy atom. The second kappa shape index (κ2) is 3.82. The topological polar surface area (TPSA) is 89.3 Å². The van der Waals surface area contributed by atoms with Crippen LogP contribution in [0, 0.1) is 0 Å². The first-order chi connectivity index (χ1) is 5.11. The average molecular weight is 189 g/mol. The molecule has 0 fully saturated rings. The molecule has 66 valence electrons. The van der Waals surface area contributed by atoms with Crippen LogP contribution >= 0.6 is 12.4 Å². The van der Waals surface area contributed by atoms with Crippen LogP contribution in [0.4, 0.5) is 11.4 Å². The molecule has 0 saturated heterocycles. The Labute approximate surface area is 75.6 Å². The molecule has 0 aliphatic rings. The van der Waals surface area contributed by atoms with Gasteiger partial charge < -0.3 is 16.6 Å². The van der Waals surface area contributed by atoms with Crippen molar-refractivity contribution < 1.29 is 9.90 Å². The van der Waals surface area contributed by atoms with E-state index in [2.05, 4.69) is 0 Å². The molecule has 0 amide bonds. The van der Waals surface area contributed by atoms with E-state index in [-0.39, 0.29) is 23.7 Å². The van der Waals surface area contributed by atoms with E-state index in [0.717, 1.165) is 0 Å². The lowest BCUT2D eigenvalue weighted by atomic mass is 10.1. The molecule has 0 radical (unpaired) electrons. The van der Waals surface area contributed by atoms with Crippen LogP contribution in [-0.2, 0) is 0 Å². The fraction of sp³-hybridized carbons (Fsp3) is 0. The summed E-state index contributed by atoms with van der Waals surface area (Å²) < 4.78 is 0. The molecular weight excluding hydrogens is 180 g/mol. The number of hydrogen-bond acceptors (Lipinski definition) is 3. The molecule has 0 aliphatic heterocycles. The summed E-state index contributed by atoms with van der Waals surface area (Å²) in [5, 5.41) is 8.55. The lowest BCUT2D eigenvalue weighted by Gasteiger charge is -2.00. The quantitative estimate of drug-likeness (QED) is 0.573. The van der Waals surface area contributed by atoms with Gasteiger partial charge in [-0.1, -0.05) is 0 Å². The van der Waals surface area contributed by atoms with Crippen molar-refractivity contribution in [2.45, 2.75) is 0 Å². The number of halogens is 1. The van der Waals surface area contributed by atoms with Crippen molar-refractivity contribution >= 4 is 29.8 Å². The first kappa shape index (κ1) is 10.6. The van der Waals surface area contributed by atoms with Crippen LogP contribution in [0.15, 0.2) is 18.2 Å². The number of carboxylic acids is 1. The normalized spacial score (nSPS) is 8.67. The van der Waals surface area contributed by atoms with E-state index in [1.54, 1.807) is 6.07 Å².